The highest BCUT2D eigenvalue weighted by Crippen LogP contribution is 2.22. The van der Waals surface area contributed by atoms with Crippen LogP contribution in [0.4, 0.5) is 0 Å². The summed E-state index contributed by atoms with van der Waals surface area (Å²) in [5.41, 5.74) is 4.28. The molecule has 3 rings (SSSR count). The van der Waals surface area contributed by atoms with Crippen LogP contribution < -0.4 is 0 Å². The smallest absolute Gasteiger partial charge is 0.335 e. The maximum atomic E-state index is 12.4. The largest absolute Gasteiger partial charge is 0.478 e. The lowest BCUT2D eigenvalue weighted by atomic mass is 9.97. The molecule has 0 saturated carbocycles. The number of carboxylic acids is 1. The second-order valence-electron chi connectivity index (χ2n) is 6.55. The number of halogens is 1. The van der Waals surface area contributed by atoms with Gasteiger partial charge in [0.2, 0.25) is 0 Å². The first-order chi connectivity index (χ1) is 13.5. The predicted molar refractivity (Wildman–Crippen MR) is 109 cm³/mol. The highest BCUT2D eigenvalue weighted by molar-refractivity contribution is 6.30. The van der Waals surface area contributed by atoms with E-state index in [1.54, 1.807) is 0 Å². The SMILES string of the molecule is O=C(Cc1ccc(-c2ccc(CO)cc2)cc1)Cc1cc(Cl)ccc1C(=O)O. The first-order valence-corrected chi connectivity index (χ1v) is 9.16. The third-order valence-electron chi connectivity index (χ3n) is 4.51. The number of hydrogen-bond donors (Lipinski definition) is 2. The number of Topliss-reactive ketones (excluding diaryl/α,β-unsaturated/α-hetero) is 1. The fourth-order valence-corrected chi connectivity index (χ4v) is 3.23. The standard InChI is InChI=1S/C23H19ClO4/c24-20-9-10-22(23(27)28)19(12-20)13-21(26)11-15-1-5-17(6-2-15)18-7-3-16(14-25)4-8-18/h1-10,12,25H,11,13-14H2,(H,27,28). The van der Waals surface area contributed by atoms with E-state index in [0.717, 1.165) is 22.3 Å². The number of ketones is 1. The van der Waals surface area contributed by atoms with Gasteiger partial charge in [-0.1, -0.05) is 60.1 Å². The molecule has 28 heavy (non-hydrogen) atoms. The van der Waals surface area contributed by atoms with Gasteiger partial charge in [0.15, 0.2) is 0 Å². The lowest BCUT2D eigenvalue weighted by Gasteiger charge is -2.08. The van der Waals surface area contributed by atoms with Crippen LogP contribution in [0.3, 0.4) is 0 Å². The Morgan fingerprint density at radius 1 is 0.786 bits per heavy atom. The number of benzene rings is 3. The molecule has 0 aliphatic rings. The minimum Gasteiger partial charge on any atom is -0.478 e. The molecule has 0 aliphatic carbocycles. The molecule has 4 nitrogen and oxygen atoms in total. The van der Waals surface area contributed by atoms with Crippen molar-refractivity contribution in [2.24, 2.45) is 0 Å². The van der Waals surface area contributed by atoms with Crippen LogP contribution in [0.2, 0.25) is 5.02 Å². The second kappa shape index (κ2) is 8.83. The molecule has 3 aromatic carbocycles. The van der Waals surface area contributed by atoms with Gasteiger partial charge >= 0.3 is 5.97 Å². The van der Waals surface area contributed by atoms with Crippen LogP contribution in [0.5, 0.6) is 0 Å². The molecule has 0 saturated heterocycles. The van der Waals surface area contributed by atoms with Crippen molar-refractivity contribution in [3.63, 3.8) is 0 Å². The Kier molecular flexibility index (Phi) is 6.24. The van der Waals surface area contributed by atoms with Crippen LogP contribution in [0.15, 0.2) is 66.7 Å². The van der Waals surface area contributed by atoms with Crippen molar-refractivity contribution in [3.8, 4) is 11.1 Å². The molecule has 2 N–H and O–H groups in total. The molecule has 0 fully saturated rings. The van der Waals surface area contributed by atoms with Crippen molar-refractivity contribution in [3.05, 3.63) is 94.0 Å². The number of aliphatic hydroxyl groups is 1. The normalized spacial score (nSPS) is 10.6. The summed E-state index contributed by atoms with van der Waals surface area (Å²) in [4.78, 5) is 23.8. The van der Waals surface area contributed by atoms with E-state index in [2.05, 4.69) is 0 Å². The molecular formula is C23H19ClO4. The zero-order valence-electron chi connectivity index (χ0n) is 15.1. The first-order valence-electron chi connectivity index (χ1n) is 8.79. The monoisotopic (exact) mass is 394 g/mol. The molecule has 0 unspecified atom stereocenters. The van der Waals surface area contributed by atoms with E-state index in [1.807, 2.05) is 48.5 Å². The number of aliphatic hydroxyl groups excluding tert-OH is 1. The molecule has 142 valence electrons. The van der Waals surface area contributed by atoms with Crippen molar-refractivity contribution < 1.29 is 19.8 Å². The highest BCUT2D eigenvalue weighted by Gasteiger charge is 2.14. The van der Waals surface area contributed by atoms with Crippen molar-refractivity contribution in [2.75, 3.05) is 0 Å². The maximum Gasteiger partial charge on any atom is 0.335 e. The van der Waals surface area contributed by atoms with Crippen LogP contribution in [0.25, 0.3) is 11.1 Å². The summed E-state index contributed by atoms with van der Waals surface area (Å²) in [6.45, 7) is 0.0115. The van der Waals surface area contributed by atoms with E-state index in [4.69, 9.17) is 16.7 Å². The molecule has 3 aromatic rings. The van der Waals surface area contributed by atoms with E-state index >= 15 is 0 Å². The van der Waals surface area contributed by atoms with E-state index in [0.29, 0.717) is 10.6 Å². The topological polar surface area (TPSA) is 74.6 Å². The molecule has 0 amide bonds. The molecule has 0 spiro atoms. The van der Waals surface area contributed by atoms with E-state index < -0.39 is 5.97 Å². The summed E-state index contributed by atoms with van der Waals surface area (Å²) in [7, 11) is 0. The maximum absolute atomic E-state index is 12.4. The average molecular weight is 395 g/mol. The predicted octanol–water partition coefficient (Wildman–Crippen LogP) is 4.55. The Bertz CT molecular complexity index is 992. The second-order valence-corrected chi connectivity index (χ2v) is 6.99. The lowest BCUT2D eigenvalue weighted by Crippen LogP contribution is -2.11. The zero-order valence-corrected chi connectivity index (χ0v) is 15.8. The van der Waals surface area contributed by atoms with Crippen LogP contribution >= 0.6 is 11.6 Å². The van der Waals surface area contributed by atoms with Gasteiger partial charge < -0.3 is 10.2 Å². The Labute approximate surface area is 168 Å². The van der Waals surface area contributed by atoms with Gasteiger partial charge in [-0.2, -0.15) is 0 Å². The Morgan fingerprint density at radius 3 is 1.89 bits per heavy atom. The molecule has 0 heterocycles. The number of hydrogen-bond acceptors (Lipinski definition) is 3. The van der Waals surface area contributed by atoms with Crippen LogP contribution in [-0.4, -0.2) is 22.0 Å². The number of aromatic carboxylic acids is 1. The van der Waals surface area contributed by atoms with Crippen LogP contribution in [0.1, 0.15) is 27.0 Å². The summed E-state index contributed by atoms with van der Waals surface area (Å²) in [6.07, 6.45) is 0.238. The number of rotatable bonds is 7. The molecule has 0 atom stereocenters. The van der Waals surface area contributed by atoms with Gasteiger partial charge in [0.1, 0.15) is 5.78 Å². The van der Waals surface area contributed by atoms with Gasteiger partial charge in [-0.25, -0.2) is 4.79 Å². The van der Waals surface area contributed by atoms with Crippen LogP contribution in [-0.2, 0) is 24.2 Å². The average Bonchev–Trinajstić information content (AvgIpc) is 2.68. The van der Waals surface area contributed by atoms with Crippen molar-refractivity contribution in [1.29, 1.82) is 0 Å². The molecule has 5 heteroatoms. The minimum absolute atomic E-state index is 0.0115. The van der Waals surface area contributed by atoms with E-state index in [1.165, 1.54) is 18.2 Å². The Hall–Kier alpha value is -2.95. The van der Waals surface area contributed by atoms with E-state index in [-0.39, 0.29) is 30.8 Å². The van der Waals surface area contributed by atoms with Gasteiger partial charge in [0.25, 0.3) is 0 Å². The third kappa shape index (κ3) is 4.85. The quantitative estimate of drug-likeness (QED) is 0.616. The minimum atomic E-state index is -1.07. The number of carbonyl (C=O) groups is 2. The highest BCUT2D eigenvalue weighted by atomic mass is 35.5. The first kappa shape index (κ1) is 19.8. The van der Waals surface area contributed by atoms with Crippen molar-refractivity contribution in [2.45, 2.75) is 19.4 Å². The Morgan fingerprint density at radius 2 is 1.36 bits per heavy atom. The summed E-state index contributed by atoms with van der Waals surface area (Å²) < 4.78 is 0. The summed E-state index contributed by atoms with van der Waals surface area (Å²) in [5, 5.41) is 18.8. The molecule has 0 bridgehead atoms. The zero-order chi connectivity index (χ0) is 20.1. The molecule has 0 aliphatic heterocycles. The fourth-order valence-electron chi connectivity index (χ4n) is 3.04. The fraction of sp³-hybridized carbons (Fsp3) is 0.130. The van der Waals surface area contributed by atoms with Gasteiger partial charge in [-0.05, 0) is 46.0 Å². The van der Waals surface area contributed by atoms with Gasteiger partial charge in [0.05, 0.1) is 12.2 Å². The van der Waals surface area contributed by atoms with Gasteiger partial charge in [-0.15, -0.1) is 0 Å². The molecule has 0 aromatic heterocycles. The van der Waals surface area contributed by atoms with Crippen molar-refractivity contribution in [1.82, 2.24) is 0 Å². The van der Waals surface area contributed by atoms with E-state index in [9.17, 15) is 14.7 Å². The number of carboxylic acid groups (broad SMARTS) is 1. The molecular weight excluding hydrogens is 376 g/mol. The van der Waals surface area contributed by atoms with Gasteiger partial charge in [-0.3, -0.25) is 4.79 Å². The van der Waals surface area contributed by atoms with Gasteiger partial charge in [0, 0.05) is 17.9 Å². The Balaban J connectivity index is 1.69. The molecule has 0 radical (unpaired) electrons. The van der Waals surface area contributed by atoms with Crippen LogP contribution in [0, 0.1) is 0 Å². The number of carbonyl (C=O) groups excluding carboxylic acids is 1. The summed E-state index contributed by atoms with van der Waals surface area (Å²) >= 11 is 5.94. The third-order valence-corrected chi connectivity index (χ3v) is 4.75. The van der Waals surface area contributed by atoms with Crippen molar-refractivity contribution >= 4 is 23.4 Å². The summed E-state index contributed by atoms with van der Waals surface area (Å²) in [5.74, 6) is -1.15. The lowest BCUT2D eigenvalue weighted by molar-refractivity contribution is -0.117. The summed E-state index contributed by atoms with van der Waals surface area (Å²) in [6, 6.07) is 19.8.